The molecule has 0 saturated carbocycles. The second-order valence-electron chi connectivity index (χ2n) is 3.56. The third-order valence-electron chi connectivity index (χ3n) is 2.56. The van der Waals surface area contributed by atoms with Crippen molar-refractivity contribution in [3.05, 3.63) is 23.5 Å². The van der Waals surface area contributed by atoms with Crippen molar-refractivity contribution in [1.29, 1.82) is 0 Å². The fraction of sp³-hybridized carbons (Fsp3) is 0.364. The number of benzene rings is 1. The second kappa shape index (κ2) is 4.09. The zero-order valence-corrected chi connectivity index (χ0v) is 8.79. The molecule has 2 N–H and O–H groups in total. The molecule has 4 nitrogen and oxygen atoms in total. The summed E-state index contributed by atoms with van der Waals surface area (Å²) in [5.74, 6) is -0.465. The summed E-state index contributed by atoms with van der Waals surface area (Å²) in [6.45, 7) is 1.35. The van der Waals surface area contributed by atoms with Gasteiger partial charge in [0.15, 0.2) is 6.10 Å². The average molecular weight is 225 g/mol. The SMILES string of the molecule is CCC1Oc2ccc(F)c(CO)c2NC1=O. The molecule has 0 bridgehead atoms. The summed E-state index contributed by atoms with van der Waals surface area (Å²) in [6.07, 6.45) is -0.0126. The number of fused-ring (bicyclic) bond motifs is 1. The third kappa shape index (κ3) is 1.63. The van der Waals surface area contributed by atoms with Crippen LogP contribution in [0.4, 0.5) is 10.1 Å². The van der Waals surface area contributed by atoms with Gasteiger partial charge in [0, 0.05) is 5.56 Å². The molecule has 0 aliphatic carbocycles. The van der Waals surface area contributed by atoms with Gasteiger partial charge in [-0.2, -0.15) is 0 Å². The number of nitrogens with one attached hydrogen (secondary N) is 1. The molecule has 1 aliphatic rings. The van der Waals surface area contributed by atoms with Gasteiger partial charge in [0.25, 0.3) is 5.91 Å². The fourth-order valence-corrected chi connectivity index (χ4v) is 1.67. The summed E-state index contributed by atoms with van der Waals surface area (Å²) in [7, 11) is 0. The van der Waals surface area contributed by atoms with Crippen molar-refractivity contribution < 1.29 is 19.0 Å². The van der Waals surface area contributed by atoms with Gasteiger partial charge in [-0.1, -0.05) is 6.92 Å². The van der Waals surface area contributed by atoms with Gasteiger partial charge in [-0.3, -0.25) is 4.79 Å². The van der Waals surface area contributed by atoms with Crippen LogP contribution in [-0.4, -0.2) is 17.1 Å². The lowest BCUT2D eigenvalue weighted by Crippen LogP contribution is -2.37. The van der Waals surface area contributed by atoms with Crippen LogP contribution < -0.4 is 10.1 Å². The highest BCUT2D eigenvalue weighted by atomic mass is 19.1. The van der Waals surface area contributed by atoms with Crippen LogP contribution in [0.5, 0.6) is 5.75 Å². The maximum absolute atomic E-state index is 13.3. The van der Waals surface area contributed by atoms with Gasteiger partial charge in [-0.05, 0) is 18.6 Å². The number of hydrogen-bond acceptors (Lipinski definition) is 3. The number of rotatable bonds is 2. The minimum atomic E-state index is -0.555. The van der Waals surface area contributed by atoms with Crippen LogP contribution in [-0.2, 0) is 11.4 Å². The third-order valence-corrected chi connectivity index (χ3v) is 2.56. The molecule has 0 saturated heterocycles. The van der Waals surface area contributed by atoms with E-state index in [4.69, 9.17) is 9.84 Å². The van der Waals surface area contributed by atoms with Crippen molar-refractivity contribution in [3.63, 3.8) is 0 Å². The van der Waals surface area contributed by atoms with E-state index in [1.807, 2.05) is 6.92 Å². The highest BCUT2D eigenvalue weighted by molar-refractivity contribution is 5.98. The second-order valence-corrected chi connectivity index (χ2v) is 3.56. The lowest BCUT2D eigenvalue weighted by Gasteiger charge is -2.26. The van der Waals surface area contributed by atoms with Crippen LogP contribution in [0.3, 0.4) is 0 Å². The predicted molar refractivity (Wildman–Crippen MR) is 55.7 cm³/mol. The van der Waals surface area contributed by atoms with Crippen LogP contribution in [0.15, 0.2) is 12.1 Å². The first-order chi connectivity index (χ1) is 7.67. The van der Waals surface area contributed by atoms with E-state index in [9.17, 15) is 9.18 Å². The van der Waals surface area contributed by atoms with Crippen molar-refractivity contribution >= 4 is 11.6 Å². The Bertz CT molecular complexity index is 433. The van der Waals surface area contributed by atoms with Crippen LogP contribution >= 0.6 is 0 Å². The lowest BCUT2D eigenvalue weighted by molar-refractivity contribution is -0.123. The van der Waals surface area contributed by atoms with Crippen molar-refractivity contribution in [2.45, 2.75) is 26.1 Å². The van der Waals surface area contributed by atoms with Gasteiger partial charge in [-0.25, -0.2) is 4.39 Å². The standard InChI is InChI=1S/C11H12FNO3/c1-2-8-11(15)13-10-6(5-14)7(12)3-4-9(10)16-8/h3-4,8,14H,2,5H2,1H3,(H,13,15). The molecule has 0 spiro atoms. The monoisotopic (exact) mass is 225 g/mol. The molecule has 1 aromatic rings. The summed E-state index contributed by atoms with van der Waals surface area (Å²) >= 11 is 0. The zero-order valence-electron chi connectivity index (χ0n) is 8.79. The summed E-state index contributed by atoms with van der Waals surface area (Å²) in [6, 6.07) is 2.67. The molecule has 0 fully saturated rings. The van der Waals surface area contributed by atoms with E-state index in [2.05, 4.69) is 5.32 Å². The van der Waals surface area contributed by atoms with E-state index in [-0.39, 0.29) is 17.2 Å². The molecular weight excluding hydrogens is 213 g/mol. The number of halogens is 1. The smallest absolute Gasteiger partial charge is 0.265 e. The Morgan fingerprint density at radius 1 is 1.56 bits per heavy atom. The Kier molecular flexibility index (Phi) is 2.78. The molecule has 1 heterocycles. The van der Waals surface area contributed by atoms with Crippen LogP contribution in [0.1, 0.15) is 18.9 Å². The lowest BCUT2D eigenvalue weighted by atomic mass is 10.1. The van der Waals surface area contributed by atoms with E-state index in [0.29, 0.717) is 12.2 Å². The first-order valence-electron chi connectivity index (χ1n) is 5.07. The predicted octanol–water partition coefficient (Wildman–Crippen LogP) is 1.43. The molecule has 1 atom stereocenters. The van der Waals surface area contributed by atoms with E-state index >= 15 is 0 Å². The highest BCUT2D eigenvalue weighted by Crippen LogP contribution is 2.34. The van der Waals surface area contributed by atoms with Gasteiger partial charge in [-0.15, -0.1) is 0 Å². The molecule has 0 aromatic heterocycles. The molecule has 86 valence electrons. The molecule has 16 heavy (non-hydrogen) atoms. The van der Waals surface area contributed by atoms with Crippen LogP contribution in [0.2, 0.25) is 0 Å². The molecule has 2 rings (SSSR count). The Morgan fingerprint density at radius 3 is 2.94 bits per heavy atom. The quantitative estimate of drug-likeness (QED) is 0.800. The van der Waals surface area contributed by atoms with E-state index in [1.165, 1.54) is 12.1 Å². The maximum Gasteiger partial charge on any atom is 0.265 e. The fourth-order valence-electron chi connectivity index (χ4n) is 1.67. The summed E-state index contributed by atoms with van der Waals surface area (Å²) in [5, 5.41) is 11.6. The zero-order chi connectivity index (χ0) is 11.7. The van der Waals surface area contributed by atoms with E-state index < -0.39 is 18.5 Å². The average Bonchev–Trinajstić information content (AvgIpc) is 2.28. The minimum Gasteiger partial charge on any atom is -0.478 e. The number of carbonyl (C=O) groups excluding carboxylic acids is 1. The topological polar surface area (TPSA) is 58.6 Å². The van der Waals surface area contributed by atoms with Gasteiger partial charge in [0.2, 0.25) is 0 Å². The summed E-state index contributed by atoms with van der Waals surface area (Å²) in [5.41, 5.74) is 0.289. The molecule has 0 radical (unpaired) electrons. The largest absolute Gasteiger partial charge is 0.478 e. The molecule has 1 unspecified atom stereocenters. The summed E-state index contributed by atoms with van der Waals surface area (Å²) in [4.78, 5) is 11.5. The van der Waals surface area contributed by atoms with Gasteiger partial charge < -0.3 is 15.2 Å². The Balaban J connectivity index is 2.46. The molecular formula is C11H12FNO3. The van der Waals surface area contributed by atoms with Crippen molar-refractivity contribution in [2.75, 3.05) is 5.32 Å². The Labute approximate surface area is 92.0 Å². The number of anilines is 1. The number of hydrogen-bond donors (Lipinski definition) is 2. The van der Waals surface area contributed by atoms with Crippen LogP contribution in [0, 0.1) is 5.82 Å². The Hall–Kier alpha value is -1.62. The number of carbonyl (C=O) groups is 1. The van der Waals surface area contributed by atoms with Crippen molar-refractivity contribution in [2.24, 2.45) is 0 Å². The van der Waals surface area contributed by atoms with E-state index in [1.54, 1.807) is 0 Å². The van der Waals surface area contributed by atoms with Crippen molar-refractivity contribution in [3.8, 4) is 5.75 Å². The maximum atomic E-state index is 13.3. The number of aliphatic hydroxyl groups is 1. The molecule has 1 aliphatic heterocycles. The van der Waals surface area contributed by atoms with Gasteiger partial charge in [0.05, 0.1) is 12.3 Å². The normalized spacial score (nSPS) is 18.7. The first kappa shape index (κ1) is 10.9. The van der Waals surface area contributed by atoms with Crippen LogP contribution in [0.25, 0.3) is 0 Å². The summed E-state index contributed by atoms with van der Waals surface area (Å²) < 4.78 is 18.7. The molecule has 5 heteroatoms. The number of aliphatic hydroxyl groups excluding tert-OH is 1. The van der Waals surface area contributed by atoms with Gasteiger partial charge in [0.1, 0.15) is 11.6 Å². The number of amides is 1. The highest BCUT2D eigenvalue weighted by Gasteiger charge is 2.28. The first-order valence-corrected chi connectivity index (χ1v) is 5.07. The van der Waals surface area contributed by atoms with E-state index in [0.717, 1.165) is 0 Å². The number of ether oxygens (including phenoxy) is 1. The van der Waals surface area contributed by atoms with Gasteiger partial charge >= 0.3 is 0 Å². The Morgan fingerprint density at radius 2 is 2.31 bits per heavy atom. The minimum absolute atomic E-state index is 0.0559. The molecule has 1 aromatic carbocycles. The molecule has 1 amide bonds. The van der Waals surface area contributed by atoms with Crippen molar-refractivity contribution in [1.82, 2.24) is 0 Å².